The summed E-state index contributed by atoms with van der Waals surface area (Å²) in [5.74, 6) is 0.328. The van der Waals surface area contributed by atoms with Gasteiger partial charge in [-0.05, 0) is 24.6 Å². The predicted octanol–water partition coefficient (Wildman–Crippen LogP) is 2.71. The van der Waals surface area contributed by atoms with E-state index in [-0.39, 0.29) is 17.2 Å². The first kappa shape index (κ1) is 14.3. The fourth-order valence-corrected chi connectivity index (χ4v) is 3.39. The molecular weight excluding hydrogens is 244 g/mol. The molecule has 2 aliphatic heterocycles. The van der Waals surface area contributed by atoms with Crippen molar-refractivity contribution in [3.05, 3.63) is 12.2 Å². The maximum atomic E-state index is 9.90. The van der Waals surface area contributed by atoms with Crippen LogP contribution in [0.3, 0.4) is 0 Å². The second kappa shape index (κ2) is 4.74. The van der Waals surface area contributed by atoms with Crippen LogP contribution in [-0.4, -0.2) is 38.3 Å². The Morgan fingerprint density at radius 1 is 1.33 bits per heavy atom. The SMILES string of the molecule is CC(C)(C)[Si](C)(C)OC[C@H]1C[C@@H]2C=C[C@@H](O)[C@H]1O2. The van der Waals surface area contributed by atoms with Crippen LogP contribution in [0.1, 0.15) is 27.2 Å². The normalized spacial score (nSPS) is 36.1. The van der Waals surface area contributed by atoms with E-state index in [2.05, 4.69) is 33.9 Å². The van der Waals surface area contributed by atoms with Crippen molar-refractivity contribution in [3.63, 3.8) is 0 Å². The quantitative estimate of drug-likeness (QED) is 0.633. The van der Waals surface area contributed by atoms with E-state index >= 15 is 0 Å². The Balaban J connectivity index is 1.93. The third-order valence-electron chi connectivity index (χ3n) is 4.66. The Hall–Kier alpha value is -0.163. The van der Waals surface area contributed by atoms with E-state index in [9.17, 15) is 5.11 Å². The second-order valence-corrected chi connectivity index (χ2v) is 11.9. The van der Waals surface area contributed by atoms with Crippen molar-refractivity contribution in [3.8, 4) is 0 Å². The minimum absolute atomic E-state index is 0.0650. The second-order valence-electron chi connectivity index (χ2n) is 7.08. The van der Waals surface area contributed by atoms with E-state index in [0.717, 1.165) is 13.0 Å². The van der Waals surface area contributed by atoms with E-state index in [1.165, 1.54) is 0 Å². The molecule has 0 aromatic carbocycles. The van der Waals surface area contributed by atoms with Crippen LogP contribution in [0.4, 0.5) is 0 Å². The average molecular weight is 270 g/mol. The largest absolute Gasteiger partial charge is 0.416 e. The van der Waals surface area contributed by atoms with E-state index in [1.54, 1.807) is 0 Å². The monoisotopic (exact) mass is 270 g/mol. The van der Waals surface area contributed by atoms with Gasteiger partial charge < -0.3 is 14.3 Å². The van der Waals surface area contributed by atoms with Crippen LogP contribution in [0.25, 0.3) is 0 Å². The Morgan fingerprint density at radius 2 is 2.00 bits per heavy atom. The highest BCUT2D eigenvalue weighted by Crippen LogP contribution is 2.39. The zero-order valence-electron chi connectivity index (χ0n) is 12.1. The lowest BCUT2D eigenvalue weighted by Crippen LogP contribution is -2.43. The van der Waals surface area contributed by atoms with Crippen molar-refractivity contribution in [2.75, 3.05) is 6.61 Å². The van der Waals surface area contributed by atoms with Gasteiger partial charge in [-0.3, -0.25) is 0 Å². The van der Waals surface area contributed by atoms with Crippen molar-refractivity contribution in [1.29, 1.82) is 0 Å². The van der Waals surface area contributed by atoms with Crippen molar-refractivity contribution in [2.45, 2.75) is 63.6 Å². The van der Waals surface area contributed by atoms with Crippen LogP contribution >= 0.6 is 0 Å². The first-order valence-corrected chi connectivity index (χ1v) is 9.77. The summed E-state index contributed by atoms with van der Waals surface area (Å²) in [7, 11) is -1.70. The summed E-state index contributed by atoms with van der Waals surface area (Å²) in [6, 6.07) is 0. The molecule has 4 atom stereocenters. The minimum atomic E-state index is -1.70. The predicted molar refractivity (Wildman–Crippen MR) is 75.1 cm³/mol. The molecule has 0 saturated carbocycles. The number of fused-ring (bicyclic) bond motifs is 2. The van der Waals surface area contributed by atoms with Gasteiger partial charge in [0.05, 0.1) is 18.3 Å². The van der Waals surface area contributed by atoms with Crippen molar-refractivity contribution in [1.82, 2.24) is 0 Å². The fourth-order valence-electron chi connectivity index (χ4n) is 2.33. The van der Waals surface area contributed by atoms with E-state index < -0.39 is 14.4 Å². The van der Waals surface area contributed by atoms with E-state index in [0.29, 0.717) is 5.92 Å². The van der Waals surface area contributed by atoms with Crippen LogP contribution in [0.2, 0.25) is 18.1 Å². The van der Waals surface area contributed by atoms with Gasteiger partial charge in [0.25, 0.3) is 0 Å². The standard InChI is InChI=1S/C14H26O3Si/c1-14(2,3)18(4,5)16-9-10-8-11-6-7-12(15)13(10)17-11/h6-7,10-13,15H,8-9H2,1-5H3/t10-,11+,12-,13+/m1/s1. The summed E-state index contributed by atoms with van der Waals surface area (Å²) in [6.45, 7) is 12.0. The maximum absolute atomic E-state index is 9.90. The smallest absolute Gasteiger partial charge is 0.191 e. The molecule has 0 aromatic heterocycles. The summed E-state index contributed by atoms with van der Waals surface area (Å²) < 4.78 is 12.0. The fraction of sp³-hybridized carbons (Fsp3) is 0.857. The van der Waals surface area contributed by atoms with Crippen molar-refractivity contribution < 1.29 is 14.3 Å². The van der Waals surface area contributed by atoms with Crippen molar-refractivity contribution in [2.24, 2.45) is 5.92 Å². The molecule has 0 amide bonds. The Kier molecular flexibility index (Phi) is 3.76. The number of rotatable bonds is 3. The molecule has 2 bridgehead atoms. The summed E-state index contributed by atoms with van der Waals surface area (Å²) in [6.07, 6.45) is 4.49. The summed E-state index contributed by atoms with van der Waals surface area (Å²) in [4.78, 5) is 0. The molecule has 18 heavy (non-hydrogen) atoms. The zero-order chi connectivity index (χ0) is 13.6. The van der Waals surface area contributed by atoms with E-state index in [4.69, 9.17) is 9.16 Å². The Morgan fingerprint density at radius 3 is 2.61 bits per heavy atom. The van der Waals surface area contributed by atoms with E-state index in [1.807, 2.05) is 12.2 Å². The lowest BCUT2D eigenvalue weighted by atomic mass is 9.99. The van der Waals surface area contributed by atoms with Gasteiger partial charge >= 0.3 is 0 Å². The lowest BCUT2D eigenvalue weighted by Gasteiger charge is -2.37. The van der Waals surface area contributed by atoms with Gasteiger partial charge in [-0.2, -0.15) is 0 Å². The molecule has 0 aromatic rings. The van der Waals surface area contributed by atoms with Gasteiger partial charge in [-0.25, -0.2) is 0 Å². The van der Waals surface area contributed by atoms with Crippen LogP contribution in [0.15, 0.2) is 12.2 Å². The zero-order valence-corrected chi connectivity index (χ0v) is 13.1. The van der Waals surface area contributed by atoms with Gasteiger partial charge in [0.2, 0.25) is 0 Å². The maximum Gasteiger partial charge on any atom is 0.191 e. The molecule has 0 radical (unpaired) electrons. The number of ether oxygens (including phenoxy) is 1. The van der Waals surface area contributed by atoms with Gasteiger partial charge in [-0.15, -0.1) is 0 Å². The van der Waals surface area contributed by atoms with Crippen molar-refractivity contribution >= 4 is 8.32 Å². The lowest BCUT2D eigenvalue weighted by molar-refractivity contribution is -0.0317. The highest BCUT2D eigenvalue weighted by Gasteiger charge is 2.43. The molecule has 3 nitrogen and oxygen atoms in total. The first-order valence-electron chi connectivity index (χ1n) is 6.86. The van der Waals surface area contributed by atoms with Crippen LogP contribution in [0.5, 0.6) is 0 Å². The molecule has 0 unspecified atom stereocenters. The van der Waals surface area contributed by atoms with Gasteiger partial charge in [-0.1, -0.05) is 32.9 Å². The molecule has 2 heterocycles. The molecule has 2 aliphatic rings. The first-order chi connectivity index (χ1) is 8.21. The molecule has 4 heteroatoms. The highest BCUT2D eigenvalue weighted by molar-refractivity contribution is 6.74. The van der Waals surface area contributed by atoms with Gasteiger partial charge in [0.1, 0.15) is 0 Å². The third kappa shape index (κ3) is 2.71. The molecule has 2 rings (SSSR count). The third-order valence-corrected chi connectivity index (χ3v) is 9.16. The summed E-state index contributed by atoms with van der Waals surface area (Å²) >= 11 is 0. The number of aliphatic hydroxyl groups is 1. The Labute approximate surface area is 111 Å². The van der Waals surface area contributed by atoms with Gasteiger partial charge in [0.15, 0.2) is 8.32 Å². The Bertz CT molecular complexity index is 332. The molecule has 1 N–H and O–H groups in total. The number of aliphatic hydroxyl groups excluding tert-OH is 1. The number of hydrogen-bond donors (Lipinski definition) is 1. The molecule has 1 saturated heterocycles. The molecule has 1 fully saturated rings. The summed E-state index contributed by atoms with van der Waals surface area (Å²) in [5.41, 5.74) is 0. The average Bonchev–Trinajstić information content (AvgIpc) is 2.59. The molecule has 0 spiro atoms. The van der Waals surface area contributed by atoms with Crippen LogP contribution in [-0.2, 0) is 9.16 Å². The molecule has 104 valence electrons. The number of hydrogen-bond acceptors (Lipinski definition) is 3. The van der Waals surface area contributed by atoms with Crippen LogP contribution < -0.4 is 0 Å². The topological polar surface area (TPSA) is 38.7 Å². The molecular formula is C14H26O3Si. The highest BCUT2D eigenvalue weighted by atomic mass is 28.4. The summed E-state index contributed by atoms with van der Waals surface area (Å²) in [5, 5.41) is 10.1. The minimum Gasteiger partial charge on any atom is -0.416 e. The van der Waals surface area contributed by atoms with Crippen LogP contribution in [0, 0.1) is 5.92 Å². The molecule has 0 aliphatic carbocycles. The van der Waals surface area contributed by atoms with Gasteiger partial charge in [0, 0.05) is 12.5 Å².